The number of pyridine rings is 1. The molecule has 1 aromatic rings. The second-order valence-corrected chi connectivity index (χ2v) is 6.73. The summed E-state index contributed by atoms with van der Waals surface area (Å²) >= 11 is 0. The Bertz CT molecular complexity index is 532. The van der Waals surface area contributed by atoms with Gasteiger partial charge in [-0.3, -0.25) is 4.79 Å². The van der Waals surface area contributed by atoms with Crippen LogP contribution in [0.2, 0.25) is 0 Å². The fourth-order valence-electron chi connectivity index (χ4n) is 1.55. The Kier molecular flexibility index (Phi) is 4.34. The zero-order chi connectivity index (χ0) is 13.1. The summed E-state index contributed by atoms with van der Waals surface area (Å²) in [4.78, 5) is 11.4. The monoisotopic (exact) mass is 258 g/mol. The molecule has 0 radical (unpaired) electrons. The fraction of sp³-hybridized carbons (Fsp3) is 0.545. The Morgan fingerprint density at radius 2 is 2.00 bits per heavy atom. The minimum Gasteiger partial charge on any atom is -0.398 e. The molecule has 0 unspecified atom stereocenters. The van der Waals surface area contributed by atoms with E-state index in [2.05, 4.69) is 0 Å². The Hall–Kier alpha value is -1.30. The number of aryl methyl sites for hydroxylation is 1. The van der Waals surface area contributed by atoms with Gasteiger partial charge in [-0.15, -0.1) is 0 Å². The van der Waals surface area contributed by atoms with Gasteiger partial charge >= 0.3 is 0 Å². The van der Waals surface area contributed by atoms with Crippen molar-refractivity contribution in [3.63, 3.8) is 0 Å². The second kappa shape index (κ2) is 5.35. The quantitative estimate of drug-likeness (QED) is 0.833. The number of hydrogen-bond donors (Lipinski definition) is 1. The van der Waals surface area contributed by atoms with Crippen LogP contribution >= 0.6 is 0 Å². The lowest BCUT2D eigenvalue weighted by atomic mass is 10.3. The number of nitrogens with two attached hydrogens (primary N) is 1. The molecular weight excluding hydrogens is 240 g/mol. The lowest BCUT2D eigenvalue weighted by Crippen LogP contribution is -2.25. The SMILES string of the molecule is CC(C)CS(=O)(=O)CCn1cc(N)ccc1=O. The van der Waals surface area contributed by atoms with Gasteiger partial charge < -0.3 is 10.3 Å². The van der Waals surface area contributed by atoms with Crippen molar-refractivity contribution in [1.29, 1.82) is 0 Å². The summed E-state index contributed by atoms with van der Waals surface area (Å²) in [6.45, 7) is 3.85. The third kappa shape index (κ3) is 4.60. The Morgan fingerprint density at radius 3 is 2.59 bits per heavy atom. The molecule has 0 saturated heterocycles. The molecule has 17 heavy (non-hydrogen) atoms. The number of sulfone groups is 1. The van der Waals surface area contributed by atoms with E-state index < -0.39 is 9.84 Å². The number of rotatable bonds is 5. The highest BCUT2D eigenvalue weighted by molar-refractivity contribution is 7.91. The molecular formula is C11H18N2O3S. The van der Waals surface area contributed by atoms with Gasteiger partial charge in [-0.05, 0) is 12.0 Å². The number of aromatic nitrogens is 1. The molecule has 0 aliphatic rings. The van der Waals surface area contributed by atoms with Crippen molar-refractivity contribution in [3.05, 3.63) is 28.7 Å². The molecule has 0 aliphatic carbocycles. The molecule has 0 saturated carbocycles. The van der Waals surface area contributed by atoms with E-state index in [0.29, 0.717) is 5.69 Å². The molecule has 0 amide bonds. The first-order chi connectivity index (χ1) is 7.80. The van der Waals surface area contributed by atoms with Crippen molar-refractivity contribution in [2.24, 2.45) is 5.92 Å². The van der Waals surface area contributed by atoms with E-state index in [9.17, 15) is 13.2 Å². The predicted octanol–water partition coefficient (Wildman–Crippen LogP) is 0.501. The van der Waals surface area contributed by atoms with Gasteiger partial charge in [-0.25, -0.2) is 8.42 Å². The third-order valence-electron chi connectivity index (χ3n) is 2.24. The van der Waals surface area contributed by atoms with Crippen LogP contribution in [0.15, 0.2) is 23.1 Å². The normalized spacial score (nSPS) is 11.9. The van der Waals surface area contributed by atoms with E-state index in [-0.39, 0.29) is 29.5 Å². The summed E-state index contributed by atoms with van der Waals surface area (Å²) in [5.41, 5.74) is 5.75. The van der Waals surface area contributed by atoms with Crippen molar-refractivity contribution in [2.45, 2.75) is 20.4 Å². The second-order valence-electron chi connectivity index (χ2n) is 4.50. The molecule has 0 atom stereocenters. The molecule has 1 aromatic heterocycles. The van der Waals surface area contributed by atoms with Crippen LogP contribution in [0.1, 0.15) is 13.8 Å². The topological polar surface area (TPSA) is 82.2 Å². The van der Waals surface area contributed by atoms with Crippen molar-refractivity contribution in [1.82, 2.24) is 4.57 Å². The van der Waals surface area contributed by atoms with Crippen LogP contribution in [-0.2, 0) is 16.4 Å². The molecule has 6 heteroatoms. The zero-order valence-electron chi connectivity index (χ0n) is 10.1. The Balaban J connectivity index is 2.74. The number of hydrogen-bond acceptors (Lipinski definition) is 4. The fourth-order valence-corrected chi connectivity index (χ4v) is 3.21. The molecule has 1 heterocycles. The summed E-state index contributed by atoms with van der Waals surface area (Å²) in [6.07, 6.45) is 1.47. The van der Waals surface area contributed by atoms with Crippen molar-refractivity contribution >= 4 is 15.5 Å². The van der Waals surface area contributed by atoms with E-state index >= 15 is 0 Å². The van der Waals surface area contributed by atoms with Crippen LogP contribution in [-0.4, -0.2) is 24.5 Å². The maximum atomic E-state index is 11.7. The zero-order valence-corrected chi connectivity index (χ0v) is 10.9. The van der Waals surface area contributed by atoms with Crippen LogP contribution in [0.25, 0.3) is 0 Å². The molecule has 0 spiro atoms. The van der Waals surface area contributed by atoms with Gasteiger partial charge in [0.05, 0.1) is 11.5 Å². The lowest BCUT2D eigenvalue weighted by Gasteiger charge is -2.09. The molecule has 0 fully saturated rings. The standard InChI is InChI=1S/C11H18N2O3S/c1-9(2)8-17(15,16)6-5-13-7-10(12)3-4-11(13)14/h3-4,7,9H,5-6,8,12H2,1-2H3. The highest BCUT2D eigenvalue weighted by Gasteiger charge is 2.13. The van der Waals surface area contributed by atoms with Crippen LogP contribution in [0, 0.1) is 5.92 Å². The summed E-state index contributed by atoms with van der Waals surface area (Å²) in [5.74, 6) is 0.205. The average Bonchev–Trinajstić information content (AvgIpc) is 2.17. The van der Waals surface area contributed by atoms with E-state index in [1.165, 1.54) is 22.9 Å². The smallest absolute Gasteiger partial charge is 0.250 e. The summed E-state index contributed by atoms with van der Waals surface area (Å²) in [6, 6.07) is 2.84. The number of nitrogen functional groups attached to an aromatic ring is 1. The van der Waals surface area contributed by atoms with Gasteiger partial charge in [-0.2, -0.15) is 0 Å². The summed E-state index contributed by atoms with van der Waals surface area (Å²) < 4.78 is 24.7. The average molecular weight is 258 g/mol. The minimum absolute atomic E-state index is 0.0332. The molecule has 2 N–H and O–H groups in total. The first-order valence-electron chi connectivity index (χ1n) is 5.46. The van der Waals surface area contributed by atoms with Crippen LogP contribution in [0.5, 0.6) is 0 Å². The van der Waals surface area contributed by atoms with Crippen molar-refractivity contribution in [2.75, 3.05) is 17.2 Å². The lowest BCUT2D eigenvalue weighted by molar-refractivity contribution is 0.574. The maximum Gasteiger partial charge on any atom is 0.250 e. The van der Waals surface area contributed by atoms with E-state index in [1.54, 1.807) is 0 Å². The largest absolute Gasteiger partial charge is 0.398 e. The predicted molar refractivity (Wildman–Crippen MR) is 68.6 cm³/mol. The Labute approximate surface area is 101 Å². The third-order valence-corrected chi connectivity index (χ3v) is 4.22. The van der Waals surface area contributed by atoms with E-state index in [0.717, 1.165) is 0 Å². The minimum atomic E-state index is -3.11. The Morgan fingerprint density at radius 1 is 1.35 bits per heavy atom. The molecule has 0 aromatic carbocycles. The number of anilines is 1. The van der Waals surface area contributed by atoms with E-state index in [4.69, 9.17) is 5.73 Å². The number of nitrogens with zero attached hydrogens (tertiary/aromatic N) is 1. The van der Waals surface area contributed by atoms with Crippen LogP contribution < -0.4 is 11.3 Å². The van der Waals surface area contributed by atoms with Crippen molar-refractivity contribution in [3.8, 4) is 0 Å². The summed E-state index contributed by atoms with van der Waals surface area (Å²) in [7, 11) is -3.11. The molecule has 0 bridgehead atoms. The van der Waals surface area contributed by atoms with Crippen LogP contribution in [0.4, 0.5) is 5.69 Å². The van der Waals surface area contributed by atoms with Crippen molar-refractivity contribution < 1.29 is 8.42 Å². The van der Waals surface area contributed by atoms with Gasteiger partial charge in [0.15, 0.2) is 9.84 Å². The first-order valence-corrected chi connectivity index (χ1v) is 7.29. The van der Waals surface area contributed by atoms with Gasteiger partial charge in [0.25, 0.3) is 5.56 Å². The van der Waals surface area contributed by atoms with Gasteiger partial charge in [-0.1, -0.05) is 13.8 Å². The first kappa shape index (κ1) is 13.8. The van der Waals surface area contributed by atoms with Crippen LogP contribution in [0.3, 0.4) is 0 Å². The van der Waals surface area contributed by atoms with Gasteiger partial charge in [0.1, 0.15) is 0 Å². The highest BCUT2D eigenvalue weighted by atomic mass is 32.2. The van der Waals surface area contributed by atoms with Gasteiger partial charge in [0.2, 0.25) is 0 Å². The summed E-state index contributed by atoms with van der Waals surface area (Å²) in [5, 5.41) is 0. The highest BCUT2D eigenvalue weighted by Crippen LogP contribution is 2.02. The van der Waals surface area contributed by atoms with E-state index in [1.807, 2.05) is 13.8 Å². The molecule has 0 aliphatic heterocycles. The molecule has 5 nitrogen and oxygen atoms in total. The van der Waals surface area contributed by atoms with Gasteiger partial charge in [0, 0.05) is 24.5 Å². The molecule has 1 rings (SSSR count). The molecule has 96 valence electrons. The maximum absolute atomic E-state index is 11.7.